The summed E-state index contributed by atoms with van der Waals surface area (Å²) in [5, 5.41) is 5.79. The maximum absolute atomic E-state index is 5.81. The normalized spacial score (nSPS) is 33.1. The van der Waals surface area contributed by atoms with Crippen molar-refractivity contribution in [1.29, 1.82) is 0 Å². The van der Waals surface area contributed by atoms with E-state index in [0.717, 1.165) is 6.54 Å². The Morgan fingerprint density at radius 1 is 1.57 bits per heavy atom. The molecule has 3 heteroatoms. The zero-order valence-electron chi connectivity index (χ0n) is 8.57. The number of piperidine rings is 1. The largest absolute Gasteiger partial charge is 0.330 e. The molecule has 2 rings (SSSR count). The van der Waals surface area contributed by atoms with E-state index in [4.69, 9.17) is 5.73 Å². The molecule has 1 saturated heterocycles. The average molecular weight is 210 g/mol. The van der Waals surface area contributed by atoms with Crippen molar-refractivity contribution in [2.24, 2.45) is 11.7 Å². The molecule has 0 saturated carbocycles. The van der Waals surface area contributed by atoms with Crippen LogP contribution >= 0.6 is 11.3 Å². The molecule has 1 fully saturated rings. The van der Waals surface area contributed by atoms with Gasteiger partial charge in [0.05, 0.1) is 0 Å². The average Bonchev–Trinajstić information content (AvgIpc) is 2.70. The summed E-state index contributed by atoms with van der Waals surface area (Å²) in [6, 6.07) is 5.45. The lowest BCUT2D eigenvalue weighted by molar-refractivity contribution is 0.250. The second-order valence-electron chi connectivity index (χ2n) is 4.13. The first-order chi connectivity index (χ1) is 6.81. The quantitative estimate of drug-likeness (QED) is 0.785. The van der Waals surface area contributed by atoms with Gasteiger partial charge >= 0.3 is 0 Å². The van der Waals surface area contributed by atoms with Gasteiger partial charge in [0, 0.05) is 17.0 Å². The van der Waals surface area contributed by atoms with E-state index in [2.05, 4.69) is 29.8 Å². The molecule has 0 aliphatic carbocycles. The van der Waals surface area contributed by atoms with Crippen LogP contribution in [0.1, 0.15) is 30.7 Å². The molecule has 2 heterocycles. The highest BCUT2D eigenvalue weighted by molar-refractivity contribution is 7.10. The highest BCUT2D eigenvalue weighted by Gasteiger charge is 2.28. The van der Waals surface area contributed by atoms with E-state index in [1.807, 2.05) is 11.3 Å². The summed E-state index contributed by atoms with van der Waals surface area (Å²) < 4.78 is 0. The molecule has 78 valence electrons. The molecule has 1 aromatic rings. The van der Waals surface area contributed by atoms with Crippen molar-refractivity contribution < 1.29 is 0 Å². The van der Waals surface area contributed by atoms with Gasteiger partial charge in [-0.2, -0.15) is 0 Å². The molecule has 0 bridgehead atoms. The molecule has 1 aromatic heterocycles. The minimum atomic E-state index is 0.490. The van der Waals surface area contributed by atoms with E-state index in [9.17, 15) is 0 Å². The number of nitrogens with one attached hydrogen (secondary N) is 1. The lowest BCUT2D eigenvalue weighted by Crippen LogP contribution is -2.42. The Morgan fingerprint density at radius 2 is 2.43 bits per heavy atom. The minimum absolute atomic E-state index is 0.490. The maximum atomic E-state index is 5.81. The molecule has 0 radical (unpaired) electrons. The van der Waals surface area contributed by atoms with Gasteiger partial charge in [-0.15, -0.1) is 11.3 Å². The molecule has 1 aliphatic heterocycles. The van der Waals surface area contributed by atoms with Gasteiger partial charge in [-0.3, -0.25) is 0 Å². The first-order valence-corrected chi connectivity index (χ1v) is 6.18. The van der Waals surface area contributed by atoms with Crippen LogP contribution in [0.4, 0.5) is 0 Å². The van der Waals surface area contributed by atoms with E-state index in [1.54, 1.807) is 0 Å². The zero-order chi connectivity index (χ0) is 9.97. The van der Waals surface area contributed by atoms with E-state index < -0.39 is 0 Å². The third-order valence-corrected chi connectivity index (χ3v) is 4.01. The summed E-state index contributed by atoms with van der Waals surface area (Å²) in [4.78, 5) is 1.44. The maximum Gasteiger partial charge on any atom is 0.0457 e. The van der Waals surface area contributed by atoms with Crippen molar-refractivity contribution in [3.63, 3.8) is 0 Å². The Balaban J connectivity index is 2.13. The van der Waals surface area contributed by atoms with Gasteiger partial charge in [-0.1, -0.05) is 6.07 Å². The Hall–Kier alpha value is -0.380. The Labute approximate surface area is 89.5 Å². The summed E-state index contributed by atoms with van der Waals surface area (Å²) in [5.74, 6) is 0.616. The molecule has 2 nitrogen and oxygen atoms in total. The SMILES string of the molecule is CC1CCC(CN)C(c2cccs2)N1. The first-order valence-electron chi connectivity index (χ1n) is 5.30. The number of thiophene rings is 1. The fourth-order valence-corrected chi connectivity index (χ4v) is 3.07. The second kappa shape index (κ2) is 4.43. The van der Waals surface area contributed by atoms with Crippen molar-refractivity contribution in [3.05, 3.63) is 22.4 Å². The molecule has 3 N–H and O–H groups in total. The van der Waals surface area contributed by atoms with Crippen LogP contribution in [0.25, 0.3) is 0 Å². The van der Waals surface area contributed by atoms with Gasteiger partial charge in [0.25, 0.3) is 0 Å². The Kier molecular flexibility index (Phi) is 3.21. The van der Waals surface area contributed by atoms with Crippen LogP contribution in [-0.4, -0.2) is 12.6 Å². The molecule has 0 aromatic carbocycles. The Bertz CT molecular complexity index is 271. The third kappa shape index (κ3) is 2.00. The van der Waals surface area contributed by atoms with Gasteiger partial charge in [-0.05, 0) is 43.7 Å². The van der Waals surface area contributed by atoms with Crippen molar-refractivity contribution >= 4 is 11.3 Å². The van der Waals surface area contributed by atoms with Crippen LogP contribution < -0.4 is 11.1 Å². The van der Waals surface area contributed by atoms with E-state index in [-0.39, 0.29) is 0 Å². The van der Waals surface area contributed by atoms with E-state index in [1.165, 1.54) is 17.7 Å². The molecule has 1 aliphatic rings. The van der Waals surface area contributed by atoms with Gasteiger partial charge in [0.15, 0.2) is 0 Å². The lowest BCUT2D eigenvalue weighted by atomic mass is 9.87. The van der Waals surface area contributed by atoms with Gasteiger partial charge < -0.3 is 11.1 Å². The molecule has 0 amide bonds. The second-order valence-corrected chi connectivity index (χ2v) is 5.11. The van der Waals surface area contributed by atoms with Crippen molar-refractivity contribution in [2.45, 2.75) is 31.8 Å². The molecule has 3 atom stereocenters. The van der Waals surface area contributed by atoms with Crippen LogP contribution in [0, 0.1) is 5.92 Å². The summed E-state index contributed by atoms with van der Waals surface area (Å²) in [5.41, 5.74) is 5.81. The monoisotopic (exact) mass is 210 g/mol. The predicted octanol–water partition coefficient (Wildman–Crippen LogP) is 2.14. The van der Waals surface area contributed by atoms with Gasteiger partial charge in [-0.25, -0.2) is 0 Å². The summed E-state index contributed by atoms with van der Waals surface area (Å²) in [6.45, 7) is 3.05. The highest BCUT2D eigenvalue weighted by atomic mass is 32.1. The summed E-state index contributed by atoms with van der Waals surface area (Å²) >= 11 is 1.83. The molecule has 0 spiro atoms. The van der Waals surface area contributed by atoms with Crippen LogP contribution in [0.5, 0.6) is 0 Å². The smallest absolute Gasteiger partial charge is 0.0457 e. The zero-order valence-corrected chi connectivity index (χ0v) is 9.39. The van der Waals surface area contributed by atoms with Crippen LogP contribution in [0.3, 0.4) is 0 Å². The highest BCUT2D eigenvalue weighted by Crippen LogP contribution is 2.32. The first kappa shape index (κ1) is 10.1. The predicted molar refractivity (Wildman–Crippen MR) is 61.4 cm³/mol. The summed E-state index contributed by atoms with van der Waals surface area (Å²) in [6.07, 6.45) is 2.51. The number of hydrogen-bond acceptors (Lipinski definition) is 3. The molecular formula is C11H18N2S. The number of hydrogen-bond donors (Lipinski definition) is 2. The molecule has 3 unspecified atom stereocenters. The van der Waals surface area contributed by atoms with Gasteiger partial charge in [0.2, 0.25) is 0 Å². The van der Waals surface area contributed by atoms with Gasteiger partial charge in [0.1, 0.15) is 0 Å². The lowest BCUT2D eigenvalue weighted by Gasteiger charge is -2.35. The number of rotatable bonds is 2. The number of nitrogens with two attached hydrogens (primary N) is 1. The summed E-state index contributed by atoms with van der Waals surface area (Å²) in [7, 11) is 0. The van der Waals surface area contributed by atoms with Crippen LogP contribution in [0.2, 0.25) is 0 Å². The third-order valence-electron chi connectivity index (χ3n) is 3.06. The minimum Gasteiger partial charge on any atom is -0.330 e. The van der Waals surface area contributed by atoms with E-state index in [0.29, 0.717) is 18.0 Å². The van der Waals surface area contributed by atoms with Crippen molar-refractivity contribution in [1.82, 2.24) is 5.32 Å². The Morgan fingerprint density at radius 3 is 3.07 bits per heavy atom. The molecular weight excluding hydrogens is 192 g/mol. The van der Waals surface area contributed by atoms with Crippen LogP contribution in [0.15, 0.2) is 17.5 Å². The molecule has 14 heavy (non-hydrogen) atoms. The van der Waals surface area contributed by atoms with Crippen molar-refractivity contribution in [2.75, 3.05) is 6.54 Å². The standard InChI is InChI=1S/C11H18N2S/c1-8-4-5-9(7-12)11(13-8)10-3-2-6-14-10/h2-3,6,8-9,11,13H,4-5,7,12H2,1H3. The van der Waals surface area contributed by atoms with Crippen molar-refractivity contribution in [3.8, 4) is 0 Å². The van der Waals surface area contributed by atoms with Crippen LogP contribution in [-0.2, 0) is 0 Å². The van der Waals surface area contributed by atoms with E-state index >= 15 is 0 Å². The topological polar surface area (TPSA) is 38.0 Å². The fourth-order valence-electron chi connectivity index (χ4n) is 2.19. The fraction of sp³-hybridized carbons (Fsp3) is 0.636.